The van der Waals surface area contributed by atoms with Gasteiger partial charge in [-0.05, 0) is 30.9 Å². The lowest BCUT2D eigenvalue weighted by molar-refractivity contribution is -0.144. The minimum absolute atomic E-state index is 0.0290. The van der Waals surface area contributed by atoms with Gasteiger partial charge in [0.05, 0.1) is 18.1 Å². The predicted octanol–water partition coefficient (Wildman–Crippen LogP) is 1.57. The quantitative estimate of drug-likeness (QED) is 0.828. The SMILES string of the molecule is O=C(O)COc1ccccc1CC1C2CCC(O2)C1C(=O)O. The van der Waals surface area contributed by atoms with Crippen molar-refractivity contribution in [1.29, 1.82) is 0 Å². The van der Waals surface area contributed by atoms with Crippen molar-refractivity contribution in [2.24, 2.45) is 11.8 Å². The summed E-state index contributed by atoms with van der Waals surface area (Å²) in [6, 6.07) is 7.17. The minimum Gasteiger partial charge on any atom is -0.482 e. The van der Waals surface area contributed by atoms with E-state index in [1.165, 1.54) is 0 Å². The third-order valence-electron chi connectivity index (χ3n) is 4.49. The number of rotatable bonds is 6. The van der Waals surface area contributed by atoms with Crippen LogP contribution < -0.4 is 4.74 Å². The molecule has 6 nitrogen and oxygen atoms in total. The molecule has 118 valence electrons. The maximum absolute atomic E-state index is 11.5. The number of carbonyl (C=O) groups is 2. The fourth-order valence-corrected chi connectivity index (χ4v) is 3.58. The third kappa shape index (κ3) is 2.78. The van der Waals surface area contributed by atoms with Gasteiger partial charge < -0.3 is 19.7 Å². The van der Waals surface area contributed by atoms with Crippen molar-refractivity contribution in [3.05, 3.63) is 29.8 Å². The van der Waals surface area contributed by atoms with E-state index in [0.29, 0.717) is 12.2 Å². The first kappa shape index (κ1) is 14.8. The number of para-hydroxylation sites is 1. The van der Waals surface area contributed by atoms with Crippen LogP contribution in [0, 0.1) is 11.8 Å². The molecular weight excluding hydrogens is 288 g/mol. The van der Waals surface area contributed by atoms with E-state index in [0.717, 1.165) is 18.4 Å². The number of benzene rings is 1. The lowest BCUT2D eigenvalue weighted by Gasteiger charge is -2.25. The van der Waals surface area contributed by atoms with Crippen LogP contribution in [0.15, 0.2) is 24.3 Å². The number of fused-ring (bicyclic) bond motifs is 2. The van der Waals surface area contributed by atoms with Gasteiger partial charge in [-0.15, -0.1) is 0 Å². The number of carboxylic acid groups (broad SMARTS) is 2. The fourth-order valence-electron chi connectivity index (χ4n) is 3.58. The van der Waals surface area contributed by atoms with Crippen molar-refractivity contribution in [3.63, 3.8) is 0 Å². The first-order valence-corrected chi connectivity index (χ1v) is 7.37. The molecule has 2 aliphatic rings. The molecule has 0 aliphatic carbocycles. The minimum atomic E-state index is -1.04. The standard InChI is InChI=1S/C16H18O6/c17-14(18)8-21-11-4-2-1-3-9(11)7-10-12-5-6-13(22-12)15(10)16(19)20/h1-4,10,12-13,15H,5-8H2,(H,17,18)(H,19,20). The fraction of sp³-hybridized carbons (Fsp3) is 0.500. The molecule has 0 aromatic heterocycles. The van der Waals surface area contributed by atoms with Crippen molar-refractivity contribution >= 4 is 11.9 Å². The van der Waals surface area contributed by atoms with Gasteiger partial charge >= 0.3 is 11.9 Å². The van der Waals surface area contributed by atoms with E-state index in [2.05, 4.69) is 0 Å². The van der Waals surface area contributed by atoms with Crippen LogP contribution in [-0.2, 0) is 20.7 Å². The second kappa shape index (κ2) is 5.96. The Kier molecular flexibility index (Phi) is 4.02. The van der Waals surface area contributed by atoms with Gasteiger partial charge in [0.25, 0.3) is 0 Å². The van der Waals surface area contributed by atoms with Gasteiger partial charge in [-0.2, -0.15) is 0 Å². The lowest BCUT2D eigenvalue weighted by atomic mass is 9.76. The molecular formula is C16H18O6. The molecule has 0 saturated carbocycles. The maximum Gasteiger partial charge on any atom is 0.341 e. The Morgan fingerprint density at radius 3 is 2.64 bits per heavy atom. The molecule has 2 bridgehead atoms. The van der Waals surface area contributed by atoms with Crippen LogP contribution in [0.4, 0.5) is 0 Å². The highest BCUT2D eigenvalue weighted by molar-refractivity contribution is 5.72. The van der Waals surface area contributed by atoms with E-state index >= 15 is 0 Å². The lowest BCUT2D eigenvalue weighted by Crippen LogP contribution is -2.34. The first-order chi connectivity index (χ1) is 10.6. The molecule has 3 rings (SSSR count). The summed E-state index contributed by atoms with van der Waals surface area (Å²) in [5.41, 5.74) is 0.830. The largest absolute Gasteiger partial charge is 0.482 e. The molecule has 0 radical (unpaired) electrons. The Hall–Kier alpha value is -2.08. The maximum atomic E-state index is 11.5. The summed E-state index contributed by atoms with van der Waals surface area (Å²) in [5, 5.41) is 18.2. The Morgan fingerprint density at radius 2 is 1.91 bits per heavy atom. The van der Waals surface area contributed by atoms with E-state index in [-0.39, 0.29) is 18.1 Å². The van der Waals surface area contributed by atoms with Gasteiger partial charge in [0, 0.05) is 5.92 Å². The van der Waals surface area contributed by atoms with Gasteiger partial charge in [-0.25, -0.2) is 4.79 Å². The topological polar surface area (TPSA) is 93.1 Å². The van der Waals surface area contributed by atoms with Gasteiger partial charge in [0.1, 0.15) is 5.75 Å². The molecule has 4 unspecified atom stereocenters. The molecule has 2 saturated heterocycles. The zero-order valence-corrected chi connectivity index (χ0v) is 12.0. The van der Waals surface area contributed by atoms with Crippen LogP contribution in [0.1, 0.15) is 18.4 Å². The number of aliphatic carboxylic acids is 2. The predicted molar refractivity (Wildman–Crippen MR) is 75.8 cm³/mol. The van der Waals surface area contributed by atoms with E-state index in [1.807, 2.05) is 12.1 Å². The number of carboxylic acids is 2. The van der Waals surface area contributed by atoms with Crippen LogP contribution in [0.5, 0.6) is 5.75 Å². The van der Waals surface area contributed by atoms with Crippen molar-refractivity contribution in [3.8, 4) is 5.75 Å². The van der Waals surface area contributed by atoms with Crippen molar-refractivity contribution in [1.82, 2.24) is 0 Å². The molecule has 22 heavy (non-hydrogen) atoms. The Labute approximate surface area is 127 Å². The summed E-state index contributed by atoms with van der Waals surface area (Å²) in [4.78, 5) is 22.2. The van der Waals surface area contributed by atoms with Crippen molar-refractivity contribution < 1.29 is 29.3 Å². The third-order valence-corrected chi connectivity index (χ3v) is 4.49. The molecule has 0 spiro atoms. The molecule has 0 amide bonds. The van der Waals surface area contributed by atoms with Crippen LogP contribution >= 0.6 is 0 Å². The second-order valence-electron chi connectivity index (χ2n) is 5.81. The van der Waals surface area contributed by atoms with E-state index in [1.54, 1.807) is 12.1 Å². The van der Waals surface area contributed by atoms with E-state index in [4.69, 9.17) is 14.6 Å². The van der Waals surface area contributed by atoms with Crippen LogP contribution in [0.25, 0.3) is 0 Å². The second-order valence-corrected chi connectivity index (χ2v) is 5.81. The zero-order chi connectivity index (χ0) is 15.7. The molecule has 6 heteroatoms. The number of ether oxygens (including phenoxy) is 2. The summed E-state index contributed by atoms with van der Waals surface area (Å²) in [6.07, 6.45) is 1.98. The molecule has 2 heterocycles. The number of hydrogen-bond donors (Lipinski definition) is 2. The summed E-state index contributed by atoms with van der Waals surface area (Å²) in [6.45, 7) is -0.410. The molecule has 1 aromatic rings. The monoisotopic (exact) mass is 306 g/mol. The molecule has 2 fully saturated rings. The zero-order valence-electron chi connectivity index (χ0n) is 12.0. The van der Waals surface area contributed by atoms with Crippen LogP contribution in [-0.4, -0.2) is 41.0 Å². The molecule has 2 aliphatic heterocycles. The van der Waals surface area contributed by atoms with Gasteiger partial charge in [0.15, 0.2) is 6.61 Å². The molecule has 2 N–H and O–H groups in total. The highest BCUT2D eigenvalue weighted by atomic mass is 16.5. The molecule has 1 aromatic carbocycles. The highest BCUT2D eigenvalue weighted by Crippen LogP contribution is 2.45. The normalized spacial score (nSPS) is 29.5. The van der Waals surface area contributed by atoms with E-state index < -0.39 is 24.5 Å². The summed E-state index contributed by atoms with van der Waals surface area (Å²) in [7, 11) is 0. The Bertz CT molecular complexity index is 584. The van der Waals surface area contributed by atoms with Crippen LogP contribution in [0.3, 0.4) is 0 Å². The Balaban J connectivity index is 1.78. The first-order valence-electron chi connectivity index (χ1n) is 7.37. The summed E-state index contributed by atoms with van der Waals surface area (Å²) < 4.78 is 11.1. The van der Waals surface area contributed by atoms with Crippen LogP contribution in [0.2, 0.25) is 0 Å². The average Bonchev–Trinajstić information content (AvgIpc) is 3.07. The molecule has 4 atom stereocenters. The van der Waals surface area contributed by atoms with Gasteiger partial charge in [-0.3, -0.25) is 4.79 Å². The number of hydrogen-bond acceptors (Lipinski definition) is 4. The summed E-state index contributed by atoms with van der Waals surface area (Å²) >= 11 is 0. The van der Waals surface area contributed by atoms with Gasteiger partial charge in [0.2, 0.25) is 0 Å². The Morgan fingerprint density at radius 1 is 1.18 bits per heavy atom. The average molecular weight is 306 g/mol. The highest BCUT2D eigenvalue weighted by Gasteiger charge is 2.52. The van der Waals surface area contributed by atoms with Crippen molar-refractivity contribution in [2.45, 2.75) is 31.5 Å². The van der Waals surface area contributed by atoms with Gasteiger partial charge in [-0.1, -0.05) is 18.2 Å². The summed E-state index contributed by atoms with van der Waals surface area (Å²) in [5.74, 6) is -1.95. The van der Waals surface area contributed by atoms with Crippen molar-refractivity contribution in [2.75, 3.05) is 6.61 Å². The van der Waals surface area contributed by atoms with E-state index in [9.17, 15) is 14.7 Å². The smallest absolute Gasteiger partial charge is 0.341 e.